The van der Waals surface area contributed by atoms with Crippen LogP contribution in [0.1, 0.15) is 157 Å². The van der Waals surface area contributed by atoms with Crippen molar-refractivity contribution < 1.29 is 4.42 Å². The molecule has 3 aromatic heterocycles. The highest BCUT2D eigenvalue weighted by atomic mass is 32.1. The topological polar surface area (TPSA) is 33.3 Å². The van der Waals surface area contributed by atoms with Crippen LogP contribution in [0.3, 0.4) is 0 Å². The molecule has 2 aliphatic rings. The van der Waals surface area contributed by atoms with E-state index in [1.807, 2.05) is 11.3 Å². The largest absolute Gasteiger partial charge is 0.455 e. The van der Waals surface area contributed by atoms with Gasteiger partial charge in [-0.1, -0.05) is 183 Å². The first-order valence-electron chi connectivity index (χ1n) is 30.6. The quantitative estimate of drug-likeness (QED) is 0.169. The first kappa shape index (κ1) is 54.4. The van der Waals surface area contributed by atoms with Crippen LogP contribution in [0.5, 0.6) is 0 Å². The molecule has 0 radical (unpaired) electrons. The molecule has 0 saturated carbocycles. The normalized spacial score (nSPS) is 15.1. The SMILES string of the molecule is CC(C)(C)c1ccc(Nc2cc3sc4cc5c(cc4c3cc2-c2c3c4c(c6cc(C(C)(C)C)ccc6n4-c4cc(N(c6ccc(C(C)(C)C)cc6)c6ccc(C(C)(C)C)cc6)ccc4B3)c3oc4ccccc4c23)C(C)(C)CCC5(C)C)cc1. The summed E-state index contributed by atoms with van der Waals surface area (Å²) < 4.78 is 12.7. The Balaban J connectivity index is 1.09. The number of thiophene rings is 1. The zero-order valence-corrected chi connectivity index (χ0v) is 53.2. The summed E-state index contributed by atoms with van der Waals surface area (Å²) in [6.07, 6.45) is 2.35. The minimum Gasteiger partial charge on any atom is -0.455 e. The van der Waals surface area contributed by atoms with E-state index >= 15 is 0 Å². The number of nitrogens with zero attached hydrogens (tertiary/aromatic N) is 2. The first-order chi connectivity index (χ1) is 39.6. The summed E-state index contributed by atoms with van der Waals surface area (Å²) in [6, 6.07) is 61.0. The van der Waals surface area contributed by atoms with E-state index < -0.39 is 0 Å². The molecule has 0 spiro atoms. The standard InChI is InChI=1S/C78H80BN3OS/c1-73(2,3)45-21-28-49(29-22-45)80-61-44-66-54(55-42-58-59(43-65(55)84-66)78(15,16)38-37-77(58,13)14)41-56(61)67-68-53-19-17-18-20-64(53)83-72(68)69-57-39-48(76(10,11)12)27-36-62(57)82-63-40-52(34-35-60(63)79-70(67)71(69)82)81(50-30-23-46(24-31-50)74(4,5)6)51-32-25-47(26-33-51)75(7,8)9/h17-36,39-44,79-80H,37-38H2,1-16H3. The third-order valence-electron chi connectivity index (χ3n) is 19.3. The number of furan rings is 1. The Labute approximate surface area is 502 Å². The summed E-state index contributed by atoms with van der Waals surface area (Å²) in [7, 11) is 0.735. The Bertz CT molecular complexity index is 4610. The first-order valence-corrected chi connectivity index (χ1v) is 31.5. The lowest BCUT2D eigenvalue weighted by Gasteiger charge is -2.41. The van der Waals surface area contributed by atoms with E-state index in [0.717, 1.165) is 52.3 Å². The van der Waals surface area contributed by atoms with E-state index in [-0.39, 0.29) is 32.5 Å². The Hall–Kier alpha value is -7.54. The van der Waals surface area contributed by atoms with Crippen LogP contribution in [0.25, 0.3) is 80.7 Å². The van der Waals surface area contributed by atoms with E-state index in [9.17, 15) is 0 Å². The van der Waals surface area contributed by atoms with Crippen molar-refractivity contribution in [3.8, 4) is 16.8 Å². The fourth-order valence-electron chi connectivity index (χ4n) is 14.0. The molecule has 1 aliphatic carbocycles. The zero-order chi connectivity index (χ0) is 58.9. The van der Waals surface area contributed by atoms with Crippen LogP contribution in [0, 0.1) is 0 Å². The van der Waals surface area contributed by atoms with Crippen molar-refractivity contribution in [2.75, 3.05) is 10.2 Å². The maximum absolute atomic E-state index is 7.44. The molecule has 12 aromatic rings. The lowest BCUT2D eigenvalue weighted by molar-refractivity contribution is 0.332. The highest BCUT2D eigenvalue weighted by molar-refractivity contribution is 7.25. The molecule has 6 heteroatoms. The minimum atomic E-state index is -0.0796. The predicted molar refractivity (Wildman–Crippen MR) is 367 cm³/mol. The van der Waals surface area contributed by atoms with Crippen LogP contribution in [-0.4, -0.2) is 11.8 Å². The Kier molecular flexibility index (Phi) is 12.0. The monoisotopic (exact) mass is 1120 g/mol. The van der Waals surface area contributed by atoms with Crippen molar-refractivity contribution in [3.05, 3.63) is 191 Å². The number of rotatable bonds is 6. The molecular formula is C78H80BN3OS. The molecule has 0 fully saturated rings. The number of para-hydroxylation sites is 1. The number of fused-ring (bicyclic) bond motifs is 13. The number of anilines is 5. The predicted octanol–water partition coefficient (Wildman–Crippen LogP) is 21.2. The fraction of sp³-hybridized carbons (Fsp3) is 0.308. The lowest BCUT2D eigenvalue weighted by atomic mass is 9.58. The second-order valence-corrected chi connectivity index (χ2v) is 31.3. The number of aromatic nitrogens is 1. The smallest absolute Gasteiger partial charge is 0.198 e. The van der Waals surface area contributed by atoms with Crippen molar-refractivity contribution in [2.24, 2.45) is 0 Å². The third-order valence-corrected chi connectivity index (χ3v) is 20.4. The van der Waals surface area contributed by atoms with Gasteiger partial charge in [-0.3, -0.25) is 0 Å². The molecule has 14 rings (SSSR count). The van der Waals surface area contributed by atoms with Gasteiger partial charge in [0, 0.05) is 76.0 Å². The molecule has 1 N–H and O–H groups in total. The maximum atomic E-state index is 7.44. The summed E-state index contributed by atoms with van der Waals surface area (Å²) in [6.45, 7) is 37.4. The van der Waals surface area contributed by atoms with Gasteiger partial charge in [0.25, 0.3) is 0 Å². The van der Waals surface area contributed by atoms with E-state index in [1.165, 1.54) is 121 Å². The highest BCUT2D eigenvalue weighted by Gasteiger charge is 2.39. The summed E-state index contributed by atoms with van der Waals surface area (Å²) in [5.41, 5.74) is 24.4. The van der Waals surface area contributed by atoms with Gasteiger partial charge in [-0.05, 0) is 181 Å². The van der Waals surface area contributed by atoms with Gasteiger partial charge < -0.3 is 19.2 Å². The van der Waals surface area contributed by atoms with Gasteiger partial charge in [-0.15, -0.1) is 11.3 Å². The molecule has 9 aromatic carbocycles. The van der Waals surface area contributed by atoms with Crippen LogP contribution in [-0.2, 0) is 32.5 Å². The van der Waals surface area contributed by atoms with Crippen LogP contribution in [0.2, 0.25) is 0 Å². The van der Waals surface area contributed by atoms with Gasteiger partial charge in [0.05, 0.1) is 16.4 Å². The van der Waals surface area contributed by atoms with E-state index in [0.29, 0.717) is 0 Å². The summed E-state index contributed by atoms with van der Waals surface area (Å²) >= 11 is 1.94. The fourth-order valence-corrected chi connectivity index (χ4v) is 15.2. The molecule has 0 bridgehead atoms. The number of benzene rings is 9. The molecule has 84 heavy (non-hydrogen) atoms. The van der Waals surface area contributed by atoms with Crippen molar-refractivity contribution in [2.45, 2.75) is 156 Å². The Morgan fingerprint density at radius 1 is 0.512 bits per heavy atom. The van der Waals surface area contributed by atoms with Gasteiger partial charge in [0.1, 0.15) is 11.2 Å². The molecule has 1 aliphatic heterocycles. The second-order valence-electron chi connectivity index (χ2n) is 30.2. The van der Waals surface area contributed by atoms with Gasteiger partial charge >= 0.3 is 0 Å². The average molecular weight is 1120 g/mol. The van der Waals surface area contributed by atoms with Crippen molar-refractivity contribution in [3.63, 3.8) is 0 Å². The summed E-state index contributed by atoms with van der Waals surface area (Å²) in [5.74, 6) is 0. The third kappa shape index (κ3) is 8.74. The molecule has 4 nitrogen and oxygen atoms in total. The zero-order valence-electron chi connectivity index (χ0n) is 52.3. The van der Waals surface area contributed by atoms with Crippen molar-refractivity contribution in [1.82, 2.24) is 4.57 Å². The van der Waals surface area contributed by atoms with Crippen LogP contribution >= 0.6 is 11.3 Å². The van der Waals surface area contributed by atoms with Gasteiger partial charge in [-0.2, -0.15) is 0 Å². The van der Waals surface area contributed by atoms with E-state index in [2.05, 4.69) is 283 Å². The average Bonchev–Trinajstić information content (AvgIpc) is 1.52. The van der Waals surface area contributed by atoms with E-state index in [4.69, 9.17) is 4.42 Å². The van der Waals surface area contributed by atoms with Gasteiger partial charge in [0.15, 0.2) is 7.28 Å². The Morgan fingerprint density at radius 3 is 1.65 bits per heavy atom. The number of hydrogen-bond acceptors (Lipinski definition) is 4. The van der Waals surface area contributed by atoms with Crippen molar-refractivity contribution in [1.29, 1.82) is 0 Å². The van der Waals surface area contributed by atoms with Crippen LogP contribution < -0.4 is 21.1 Å². The summed E-state index contributed by atoms with van der Waals surface area (Å²) in [5, 5.41) is 11.5. The van der Waals surface area contributed by atoms with Crippen LogP contribution in [0.15, 0.2) is 162 Å². The van der Waals surface area contributed by atoms with E-state index in [1.54, 1.807) is 0 Å². The highest BCUT2D eigenvalue weighted by Crippen LogP contribution is 2.53. The molecular weight excluding hydrogens is 1040 g/mol. The second kappa shape index (κ2) is 18.5. The molecule has 0 atom stereocenters. The maximum Gasteiger partial charge on any atom is 0.198 e. The molecule has 422 valence electrons. The lowest BCUT2D eigenvalue weighted by Crippen LogP contribution is -2.37. The van der Waals surface area contributed by atoms with Crippen molar-refractivity contribution >= 4 is 122 Å². The van der Waals surface area contributed by atoms with Gasteiger partial charge in [-0.25, -0.2) is 0 Å². The molecule has 0 amide bonds. The minimum absolute atomic E-state index is 0.0284. The van der Waals surface area contributed by atoms with Gasteiger partial charge in [0.2, 0.25) is 0 Å². The summed E-state index contributed by atoms with van der Waals surface area (Å²) in [4.78, 5) is 2.45. The molecule has 0 saturated heterocycles. The molecule has 4 heterocycles. The van der Waals surface area contributed by atoms with Crippen LogP contribution in [0.4, 0.5) is 28.4 Å². The Morgan fingerprint density at radius 2 is 1.05 bits per heavy atom. The number of hydrogen-bond donors (Lipinski definition) is 1. The number of nitrogens with one attached hydrogen (secondary N) is 1. The molecule has 0 unspecified atom stereocenters.